The molecule has 7 heteroatoms. The van der Waals surface area contributed by atoms with Gasteiger partial charge in [-0.15, -0.1) is 0 Å². The molecule has 0 bridgehead atoms. The molecule has 1 heterocycles. The van der Waals surface area contributed by atoms with Gasteiger partial charge in [-0.05, 0) is 55.2 Å². The Kier molecular flexibility index (Phi) is 8.07. The van der Waals surface area contributed by atoms with Crippen molar-refractivity contribution in [3.05, 3.63) is 90.0 Å². The van der Waals surface area contributed by atoms with E-state index in [1.165, 1.54) is 7.11 Å². The van der Waals surface area contributed by atoms with Crippen molar-refractivity contribution in [1.29, 1.82) is 0 Å². The molecule has 1 unspecified atom stereocenters. The maximum Gasteiger partial charge on any atom is 0.411 e. The summed E-state index contributed by atoms with van der Waals surface area (Å²) in [4.78, 5) is 26.3. The summed E-state index contributed by atoms with van der Waals surface area (Å²) in [5, 5.41) is 10.6. The van der Waals surface area contributed by atoms with Crippen molar-refractivity contribution in [3.8, 4) is 16.9 Å². The van der Waals surface area contributed by atoms with Gasteiger partial charge >= 0.3 is 12.1 Å². The van der Waals surface area contributed by atoms with E-state index in [1.54, 1.807) is 18.7 Å². The third kappa shape index (κ3) is 6.34. The number of methoxy groups -OCH3 is 1. The minimum Gasteiger partial charge on any atom is -0.482 e. The fraction of sp³-hybridized carbons (Fsp3) is 0.355. The van der Waals surface area contributed by atoms with Crippen LogP contribution in [0.2, 0.25) is 0 Å². The standard InChI is InChI=1S/C31H35NO6/c1-22(23-10-12-24(13-11-23)25-14-16-27(17-15-25)37-20-28(33)36-4)32-19-18-31(38-29(32)34,21-30(2,3)35)26-8-6-5-7-9-26/h5-17,22,35H,18-21H2,1-4H3/t22-,31?/m0/s1. The van der Waals surface area contributed by atoms with Crippen LogP contribution < -0.4 is 4.74 Å². The van der Waals surface area contributed by atoms with Crippen molar-refractivity contribution in [1.82, 2.24) is 4.90 Å². The van der Waals surface area contributed by atoms with Gasteiger partial charge in [0.1, 0.15) is 11.4 Å². The monoisotopic (exact) mass is 517 g/mol. The predicted molar refractivity (Wildman–Crippen MR) is 145 cm³/mol. The Morgan fingerprint density at radius 1 is 1.03 bits per heavy atom. The molecule has 1 N–H and O–H groups in total. The molecule has 1 aliphatic heterocycles. The van der Waals surface area contributed by atoms with Crippen LogP contribution >= 0.6 is 0 Å². The van der Waals surface area contributed by atoms with Crippen LogP contribution in [-0.4, -0.2) is 47.9 Å². The summed E-state index contributed by atoms with van der Waals surface area (Å²) in [5.41, 5.74) is 2.06. The maximum absolute atomic E-state index is 13.3. The molecule has 1 saturated heterocycles. The highest BCUT2D eigenvalue weighted by Gasteiger charge is 2.46. The van der Waals surface area contributed by atoms with Gasteiger partial charge in [-0.1, -0.05) is 66.7 Å². The Balaban J connectivity index is 1.45. The number of rotatable bonds is 9. The first-order valence-electron chi connectivity index (χ1n) is 12.8. The Bertz CT molecular complexity index is 1230. The summed E-state index contributed by atoms with van der Waals surface area (Å²) in [5.74, 6) is 0.156. The Morgan fingerprint density at radius 2 is 1.63 bits per heavy atom. The fourth-order valence-electron chi connectivity index (χ4n) is 4.97. The molecule has 0 aromatic heterocycles. The minimum absolute atomic E-state index is 0.133. The molecule has 0 radical (unpaired) electrons. The lowest BCUT2D eigenvalue weighted by Gasteiger charge is -2.45. The van der Waals surface area contributed by atoms with E-state index in [0.29, 0.717) is 25.1 Å². The van der Waals surface area contributed by atoms with E-state index in [1.807, 2.05) is 85.8 Å². The van der Waals surface area contributed by atoms with Crippen LogP contribution in [0.5, 0.6) is 5.75 Å². The highest BCUT2D eigenvalue weighted by atomic mass is 16.6. The third-order valence-electron chi connectivity index (χ3n) is 6.92. The summed E-state index contributed by atoms with van der Waals surface area (Å²) >= 11 is 0. The minimum atomic E-state index is -0.995. The first kappa shape index (κ1) is 27.2. The summed E-state index contributed by atoms with van der Waals surface area (Å²) < 4.78 is 16.1. The van der Waals surface area contributed by atoms with Crippen LogP contribution in [0.25, 0.3) is 11.1 Å². The number of carbonyl (C=O) groups is 2. The topological polar surface area (TPSA) is 85.3 Å². The first-order chi connectivity index (χ1) is 18.1. The Hall–Kier alpha value is -3.84. The van der Waals surface area contributed by atoms with Crippen LogP contribution in [0.4, 0.5) is 4.79 Å². The van der Waals surface area contributed by atoms with Crippen molar-refractivity contribution < 1.29 is 28.9 Å². The average molecular weight is 518 g/mol. The second kappa shape index (κ2) is 11.3. The molecule has 1 fully saturated rings. The lowest BCUT2D eigenvalue weighted by atomic mass is 9.80. The number of amides is 1. The van der Waals surface area contributed by atoms with Crippen LogP contribution in [0.15, 0.2) is 78.9 Å². The molecule has 7 nitrogen and oxygen atoms in total. The maximum atomic E-state index is 13.3. The van der Waals surface area contributed by atoms with Crippen molar-refractivity contribution in [2.45, 2.75) is 50.9 Å². The number of hydrogen-bond donors (Lipinski definition) is 1. The number of cyclic esters (lactones) is 1. The highest BCUT2D eigenvalue weighted by molar-refractivity contribution is 5.71. The van der Waals surface area contributed by atoms with Crippen LogP contribution in [0.3, 0.4) is 0 Å². The molecule has 3 aromatic rings. The number of carbonyl (C=O) groups excluding carboxylic acids is 2. The predicted octanol–water partition coefficient (Wildman–Crippen LogP) is 5.87. The molecule has 1 amide bonds. The van der Waals surface area contributed by atoms with Gasteiger partial charge in [0.2, 0.25) is 0 Å². The number of ether oxygens (including phenoxy) is 3. The van der Waals surface area contributed by atoms with Crippen LogP contribution in [0, 0.1) is 0 Å². The van der Waals surface area contributed by atoms with Gasteiger partial charge in [-0.3, -0.25) is 0 Å². The summed E-state index contributed by atoms with van der Waals surface area (Å²) in [6, 6.07) is 25.1. The molecule has 2 atom stereocenters. The van der Waals surface area contributed by atoms with E-state index in [0.717, 1.165) is 22.3 Å². The molecule has 3 aromatic carbocycles. The van der Waals surface area contributed by atoms with E-state index in [2.05, 4.69) is 4.74 Å². The molecule has 1 aliphatic rings. The number of aliphatic hydroxyl groups is 1. The summed E-state index contributed by atoms with van der Waals surface area (Å²) in [6.07, 6.45) is 0.516. The molecule has 200 valence electrons. The first-order valence-corrected chi connectivity index (χ1v) is 12.8. The smallest absolute Gasteiger partial charge is 0.411 e. The quantitative estimate of drug-likeness (QED) is 0.358. The highest BCUT2D eigenvalue weighted by Crippen LogP contribution is 2.42. The van der Waals surface area contributed by atoms with Gasteiger partial charge in [0.15, 0.2) is 6.61 Å². The Morgan fingerprint density at radius 3 is 2.18 bits per heavy atom. The van der Waals surface area contributed by atoms with Crippen LogP contribution in [0.1, 0.15) is 50.8 Å². The van der Waals surface area contributed by atoms with Gasteiger partial charge < -0.3 is 24.2 Å². The van der Waals surface area contributed by atoms with E-state index in [-0.39, 0.29) is 18.7 Å². The molecule has 0 saturated carbocycles. The zero-order valence-electron chi connectivity index (χ0n) is 22.3. The van der Waals surface area contributed by atoms with E-state index < -0.39 is 17.2 Å². The van der Waals surface area contributed by atoms with Gasteiger partial charge in [-0.2, -0.15) is 0 Å². The van der Waals surface area contributed by atoms with Crippen molar-refractivity contribution in [2.75, 3.05) is 20.3 Å². The van der Waals surface area contributed by atoms with Crippen molar-refractivity contribution >= 4 is 12.1 Å². The number of benzene rings is 3. The molecule has 4 rings (SSSR count). The largest absolute Gasteiger partial charge is 0.482 e. The molecule has 0 aliphatic carbocycles. The van der Waals surface area contributed by atoms with E-state index in [9.17, 15) is 14.7 Å². The van der Waals surface area contributed by atoms with Gasteiger partial charge in [0.25, 0.3) is 0 Å². The van der Waals surface area contributed by atoms with Crippen molar-refractivity contribution in [3.63, 3.8) is 0 Å². The van der Waals surface area contributed by atoms with Gasteiger partial charge in [0.05, 0.1) is 18.8 Å². The molecular formula is C31H35NO6. The zero-order valence-corrected chi connectivity index (χ0v) is 22.3. The molecule has 0 spiro atoms. The summed E-state index contributed by atoms with van der Waals surface area (Å²) in [6.45, 7) is 5.86. The lowest BCUT2D eigenvalue weighted by molar-refractivity contribution is -0.142. The third-order valence-corrected chi connectivity index (χ3v) is 6.92. The van der Waals surface area contributed by atoms with Gasteiger partial charge in [0, 0.05) is 19.4 Å². The lowest BCUT2D eigenvalue weighted by Crippen LogP contribution is -2.51. The van der Waals surface area contributed by atoms with Crippen molar-refractivity contribution in [2.24, 2.45) is 0 Å². The fourth-order valence-corrected chi connectivity index (χ4v) is 4.97. The van der Waals surface area contributed by atoms with E-state index >= 15 is 0 Å². The second-order valence-corrected chi connectivity index (χ2v) is 10.3. The molecule has 38 heavy (non-hydrogen) atoms. The second-order valence-electron chi connectivity index (χ2n) is 10.3. The number of esters is 1. The van der Waals surface area contributed by atoms with Crippen LogP contribution in [-0.2, 0) is 19.9 Å². The normalized spacial score (nSPS) is 18.4. The number of nitrogens with zero attached hydrogens (tertiary/aromatic N) is 1. The van der Waals surface area contributed by atoms with Gasteiger partial charge in [-0.25, -0.2) is 9.59 Å². The SMILES string of the molecule is COC(=O)COc1ccc(-c2ccc([C@H](C)N3CCC(CC(C)(C)O)(c4ccccc4)OC3=O)cc2)cc1. The van der Waals surface area contributed by atoms with E-state index in [4.69, 9.17) is 9.47 Å². The number of hydrogen-bond acceptors (Lipinski definition) is 6. The summed E-state index contributed by atoms with van der Waals surface area (Å²) in [7, 11) is 1.32. The average Bonchev–Trinajstić information content (AvgIpc) is 2.91. The zero-order chi connectivity index (χ0) is 27.3. The molecular weight excluding hydrogens is 482 g/mol. The Labute approximate surface area is 224 Å².